The predicted molar refractivity (Wildman–Crippen MR) is 67.2 cm³/mol. The zero-order chi connectivity index (χ0) is 12.4. The maximum absolute atomic E-state index is 11.3. The Labute approximate surface area is 103 Å². The molecule has 0 aliphatic rings. The highest BCUT2D eigenvalue weighted by molar-refractivity contribution is 7.16. The summed E-state index contributed by atoms with van der Waals surface area (Å²) in [5.74, 6) is -0.0837. The molecule has 0 aliphatic heterocycles. The molecule has 2 N–H and O–H groups in total. The molecule has 0 unspecified atom stereocenters. The van der Waals surface area contributed by atoms with E-state index in [0.29, 0.717) is 10.6 Å². The number of carbonyl (C=O) groups excluding carboxylic acids is 1. The molecule has 0 spiro atoms. The first kappa shape index (κ1) is 11.5. The van der Waals surface area contributed by atoms with Crippen molar-refractivity contribution in [2.75, 3.05) is 0 Å². The van der Waals surface area contributed by atoms with Gasteiger partial charge in [0.25, 0.3) is 0 Å². The topological polar surface area (TPSA) is 73.8 Å². The summed E-state index contributed by atoms with van der Waals surface area (Å²) in [7, 11) is 1.85. The minimum absolute atomic E-state index is 0.0837. The Morgan fingerprint density at radius 1 is 1.53 bits per heavy atom. The van der Waals surface area contributed by atoms with Gasteiger partial charge in [0.2, 0.25) is 0 Å². The second-order valence-corrected chi connectivity index (χ2v) is 4.60. The Bertz CT molecular complexity index is 582. The van der Waals surface area contributed by atoms with Gasteiger partial charge in [0.05, 0.1) is 16.6 Å². The van der Waals surface area contributed by atoms with E-state index in [2.05, 4.69) is 10.1 Å². The van der Waals surface area contributed by atoms with Gasteiger partial charge in [-0.2, -0.15) is 5.10 Å². The van der Waals surface area contributed by atoms with E-state index in [9.17, 15) is 4.79 Å². The molecule has 0 atom stereocenters. The van der Waals surface area contributed by atoms with Crippen molar-refractivity contribution in [1.82, 2.24) is 14.8 Å². The number of Topliss-reactive ketones (excluding diaryl/α,β-unsaturated/α-hetero) is 1. The van der Waals surface area contributed by atoms with Gasteiger partial charge >= 0.3 is 0 Å². The van der Waals surface area contributed by atoms with Crippen molar-refractivity contribution < 1.29 is 4.79 Å². The average Bonchev–Trinajstić information content (AvgIpc) is 2.87. The van der Waals surface area contributed by atoms with Crippen molar-refractivity contribution in [3.63, 3.8) is 0 Å². The third-order valence-electron chi connectivity index (χ3n) is 2.27. The van der Waals surface area contributed by atoms with Crippen LogP contribution in [-0.4, -0.2) is 20.5 Å². The number of ketones is 1. The number of nitrogens with zero attached hydrogens (tertiary/aromatic N) is 3. The highest BCUT2D eigenvalue weighted by Crippen LogP contribution is 2.29. The SMILES string of the molecule is CC(=O)C(=CN)c1ncc(-c2cnn(C)c2)s1. The molecule has 0 aliphatic carbocycles. The number of rotatable bonds is 3. The Kier molecular flexibility index (Phi) is 3.06. The van der Waals surface area contributed by atoms with E-state index in [1.807, 2.05) is 13.2 Å². The van der Waals surface area contributed by atoms with Gasteiger partial charge in [-0.1, -0.05) is 0 Å². The molecule has 0 aromatic carbocycles. The number of thiazole rings is 1. The van der Waals surface area contributed by atoms with E-state index >= 15 is 0 Å². The van der Waals surface area contributed by atoms with Gasteiger partial charge in [0, 0.05) is 31.2 Å². The summed E-state index contributed by atoms with van der Waals surface area (Å²) >= 11 is 1.43. The molecule has 17 heavy (non-hydrogen) atoms. The Balaban J connectivity index is 2.36. The summed E-state index contributed by atoms with van der Waals surface area (Å²) in [5, 5.41) is 4.73. The average molecular weight is 248 g/mol. The lowest BCUT2D eigenvalue weighted by atomic mass is 10.2. The third kappa shape index (κ3) is 2.26. The molecule has 88 valence electrons. The van der Waals surface area contributed by atoms with Gasteiger partial charge in [-0.25, -0.2) is 4.98 Å². The lowest BCUT2D eigenvalue weighted by molar-refractivity contribution is -0.111. The van der Waals surface area contributed by atoms with E-state index < -0.39 is 0 Å². The molecule has 2 aromatic heterocycles. The number of hydrogen-bond acceptors (Lipinski definition) is 5. The van der Waals surface area contributed by atoms with Gasteiger partial charge in [0.15, 0.2) is 5.78 Å². The molecule has 6 heteroatoms. The summed E-state index contributed by atoms with van der Waals surface area (Å²) in [6.45, 7) is 1.48. The van der Waals surface area contributed by atoms with Crippen LogP contribution in [0.1, 0.15) is 11.9 Å². The van der Waals surface area contributed by atoms with Crippen LogP contribution in [0.5, 0.6) is 0 Å². The van der Waals surface area contributed by atoms with Crippen LogP contribution >= 0.6 is 11.3 Å². The van der Waals surface area contributed by atoms with Gasteiger partial charge in [0.1, 0.15) is 5.01 Å². The van der Waals surface area contributed by atoms with Crippen LogP contribution in [0.3, 0.4) is 0 Å². The van der Waals surface area contributed by atoms with Gasteiger partial charge in [-0.3, -0.25) is 9.48 Å². The highest BCUT2D eigenvalue weighted by Gasteiger charge is 2.12. The minimum Gasteiger partial charge on any atom is -0.404 e. The van der Waals surface area contributed by atoms with E-state index in [4.69, 9.17) is 5.73 Å². The minimum atomic E-state index is -0.0837. The van der Waals surface area contributed by atoms with Crippen LogP contribution in [0.15, 0.2) is 24.8 Å². The summed E-state index contributed by atoms with van der Waals surface area (Å²) in [6, 6.07) is 0. The normalized spacial score (nSPS) is 11.8. The number of nitrogens with two attached hydrogens (primary N) is 1. The fourth-order valence-corrected chi connectivity index (χ4v) is 2.38. The predicted octanol–water partition coefficient (Wildman–Crippen LogP) is 1.43. The van der Waals surface area contributed by atoms with Gasteiger partial charge in [-0.15, -0.1) is 11.3 Å². The quantitative estimate of drug-likeness (QED) is 0.834. The van der Waals surface area contributed by atoms with Crippen LogP contribution in [0.4, 0.5) is 0 Å². The van der Waals surface area contributed by atoms with Crippen molar-refractivity contribution in [2.45, 2.75) is 6.92 Å². The van der Waals surface area contributed by atoms with Crippen LogP contribution in [0.2, 0.25) is 0 Å². The first-order valence-electron chi connectivity index (χ1n) is 5.00. The molecule has 0 fully saturated rings. The van der Waals surface area contributed by atoms with Gasteiger partial charge in [-0.05, 0) is 6.92 Å². The Morgan fingerprint density at radius 2 is 2.29 bits per heavy atom. The molecule has 5 nitrogen and oxygen atoms in total. The molecule has 0 radical (unpaired) electrons. The molecular formula is C11H12N4OS. The maximum atomic E-state index is 11.3. The monoisotopic (exact) mass is 248 g/mol. The van der Waals surface area contributed by atoms with Crippen molar-refractivity contribution in [3.05, 3.63) is 29.8 Å². The number of aromatic nitrogens is 3. The zero-order valence-electron chi connectivity index (χ0n) is 9.54. The molecule has 2 aromatic rings. The second kappa shape index (κ2) is 4.50. The van der Waals surface area contributed by atoms with E-state index in [0.717, 1.165) is 10.4 Å². The van der Waals surface area contributed by atoms with E-state index in [-0.39, 0.29) is 5.78 Å². The second-order valence-electron chi connectivity index (χ2n) is 3.57. The third-order valence-corrected chi connectivity index (χ3v) is 3.35. The molecule has 2 rings (SSSR count). The molecule has 2 heterocycles. The summed E-state index contributed by atoms with van der Waals surface area (Å²) in [6.07, 6.45) is 6.69. The van der Waals surface area contributed by atoms with Crippen molar-refractivity contribution in [3.8, 4) is 10.4 Å². The molecule has 0 bridgehead atoms. The zero-order valence-corrected chi connectivity index (χ0v) is 10.4. The molecular weight excluding hydrogens is 236 g/mol. The first-order valence-corrected chi connectivity index (χ1v) is 5.81. The standard InChI is InChI=1S/C11H12N4OS/c1-7(16)9(3-12)11-13-5-10(17-11)8-4-14-15(2)6-8/h3-6H,12H2,1-2H3. The van der Waals surface area contributed by atoms with Crippen LogP contribution in [0.25, 0.3) is 16.0 Å². The number of hydrogen-bond donors (Lipinski definition) is 1. The lowest BCUT2D eigenvalue weighted by Crippen LogP contribution is -1.98. The largest absolute Gasteiger partial charge is 0.404 e. The summed E-state index contributed by atoms with van der Waals surface area (Å²) < 4.78 is 1.72. The van der Waals surface area contributed by atoms with Crippen molar-refractivity contribution in [1.29, 1.82) is 0 Å². The van der Waals surface area contributed by atoms with Crippen LogP contribution < -0.4 is 5.73 Å². The molecule has 0 saturated carbocycles. The highest BCUT2D eigenvalue weighted by atomic mass is 32.1. The molecule has 0 saturated heterocycles. The Hall–Kier alpha value is -1.95. The van der Waals surface area contributed by atoms with Crippen LogP contribution in [0, 0.1) is 0 Å². The van der Waals surface area contributed by atoms with Crippen LogP contribution in [-0.2, 0) is 11.8 Å². The maximum Gasteiger partial charge on any atom is 0.164 e. The van der Waals surface area contributed by atoms with Crippen molar-refractivity contribution in [2.24, 2.45) is 12.8 Å². The fraction of sp³-hybridized carbons (Fsp3) is 0.182. The number of allylic oxidation sites excluding steroid dienone is 1. The number of aryl methyl sites for hydroxylation is 1. The van der Waals surface area contributed by atoms with Crippen molar-refractivity contribution >= 4 is 22.7 Å². The first-order chi connectivity index (χ1) is 8.11. The number of carbonyl (C=O) groups is 1. The molecule has 0 amide bonds. The van der Waals surface area contributed by atoms with E-state index in [1.54, 1.807) is 17.1 Å². The lowest BCUT2D eigenvalue weighted by Gasteiger charge is -1.95. The summed E-state index contributed by atoms with van der Waals surface area (Å²) in [5.41, 5.74) is 6.86. The summed E-state index contributed by atoms with van der Waals surface area (Å²) in [4.78, 5) is 16.5. The van der Waals surface area contributed by atoms with E-state index in [1.165, 1.54) is 24.5 Å². The van der Waals surface area contributed by atoms with Gasteiger partial charge < -0.3 is 5.73 Å². The fourth-order valence-electron chi connectivity index (χ4n) is 1.42. The smallest absolute Gasteiger partial charge is 0.164 e. The Morgan fingerprint density at radius 3 is 2.82 bits per heavy atom.